The number of amides is 1. The Balaban J connectivity index is 1.99. The molecule has 1 heterocycles. The van der Waals surface area contributed by atoms with Gasteiger partial charge in [-0.15, -0.1) is 0 Å². The molecule has 186 valence electrons. The maximum Gasteiger partial charge on any atom is 0.421 e. The lowest BCUT2D eigenvalue weighted by Crippen LogP contribution is -2.66. The topological polar surface area (TPSA) is 83.6 Å². The van der Waals surface area contributed by atoms with Crippen molar-refractivity contribution in [2.45, 2.75) is 50.2 Å². The van der Waals surface area contributed by atoms with Crippen LogP contribution in [0, 0.1) is 12.3 Å². The Morgan fingerprint density at radius 1 is 1.03 bits per heavy atom. The predicted molar refractivity (Wildman–Crippen MR) is 124 cm³/mol. The van der Waals surface area contributed by atoms with Crippen LogP contribution in [0.25, 0.3) is 0 Å². The summed E-state index contributed by atoms with van der Waals surface area (Å²) in [6.07, 6.45) is -5.81. The average Bonchev–Trinajstić information content (AvgIpc) is 2.95. The minimum absolute atomic E-state index is 0.00107. The smallest absolute Gasteiger partial charge is 0.294 e. The van der Waals surface area contributed by atoms with Gasteiger partial charge >= 0.3 is 6.18 Å². The Labute approximate surface area is 205 Å². The van der Waals surface area contributed by atoms with Crippen LogP contribution in [-0.2, 0) is 19.6 Å². The van der Waals surface area contributed by atoms with Gasteiger partial charge in [0.05, 0.1) is 16.2 Å². The number of hydrogen-bond acceptors (Lipinski definition) is 4. The van der Waals surface area contributed by atoms with E-state index in [0.29, 0.717) is 5.56 Å². The van der Waals surface area contributed by atoms with Crippen molar-refractivity contribution >= 4 is 39.0 Å². The number of anilines is 1. The van der Waals surface area contributed by atoms with Crippen LogP contribution in [0.2, 0.25) is 5.02 Å². The van der Waals surface area contributed by atoms with E-state index in [1.54, 1.807) is 25.5 Å². The van der Waals surface area contributed by atoms with Crippen molar-refractivity contribution in [2.75, 3.05) is 4.90 Å². The van der Waals surface area contributed by atoms with Crippen LogP contribution >= 0.6 is 11.6 Å². The SMILES string of the molecule is Cc1ccc(S(=O)(=O)NC2(C(F)(F)F)C(=O)N(c3cccc(Cl)c3)C3=C2C(=O)CC(C)(C)C3)cc1. The Hall–Kier alpha value is -2.69. The van der Waals surface area contributed by atoms with E-state index in [1.807, 2.05) is 0 Å². The van der Waals surface area contributed by atoms with Crippen molar-refractivity contribution in [2.24, 2.45) is 5.41 Å². The third-order valence-electron chi connectivity index (χ3n) is 6.13. The molecule has 11 heteroatoms. The zero-order valence-electron chi connectivity index (χ0n) is 19.0. The lowest BCUT2D eigenvalue weighted by molar-refractivity contribution is -0.184. The van der Waals surface area contributed by atoms with Gasteiger partial charge in [-0.2, -0.15) is 17.9 Å². The van der Waals surface area contributed by atoms with Gasteiger partial charge in [0, 0.05) is 17.1 Å². The number of benzene rings is 2. The van der Waals surface area contributed by atoms with E-state index in [0.717, 1.165) is 17.0 Å². The number of halogens is 4. The van der Waals surface area contributed by atoms with E-state index < -0.39 is 49.3 Å². The molecular formula is C24H22ClF3N2O4S. The molecule has 0 bridgehead atoms. The fraction of sp³-hybridized carbons (Fsp3) is 0.333. The number of aryl methyl sites for hydroxylation is 1. The molecule has 0 saturated heterocycles. The molecule has 1 aliphatic heterocycles. The highest BCUT2D eigenvalue weighted by atomic mass is 35.5. The van der Waals surface area contributed by atoms with Crippen LogP contribution in [0.1, 0.15) is 32.3 Å². The van der Waals surface area contributed by atoms with Crippen molar-refractivity contribution in [1.29, 1.82) is 0 Å². The number of rotatable bonds is 4. The number of nitrogens with zero attached hydrogens (tertiary/aromatic N) is 1. The summed E-state index contributed by atoms with van der Waals surface area (Å²) in [5.41, 5.74) is -4.95. The molecule has 1 atom stereocenters. The van der Waals surface area contributed by atoms with E-state index in [2.05, 4.69) is 0 Å². The van der Waals surface area contributed by atoms with Gasteiger partial charge in [0.15, 0.2) is 5.78 Å². The number of Topliss-reactive ketones (excluding diaryl/α,β-unsaturated/α-hetero) is 1. The molecule has 0 spiro atoms. The maximum atomic E-state index is 14.9. The lowest BCUT2D eigenvalue weighted by Gasteiger charge is -2.35. The summed E-state index contributed by atoms with van der Waals surface area (Å²) in [6, 6.07) is 10.7. The zero-order valence-corrected chi connectivity index (χ0v) is 20.6. The van der Waals surface area contributed by atoms with Gasteiger partial charge in [-0.25, -0.2) is 8.42 Å². The number of alkyl halides is 3. The molecule has 6 nitrogen and oxygen atoms in total. The first-order valence-electron chi connectivity index (χ1n) is 10.6. The van der Waals surface area contributed by atoms with Crippen LogP contribution in [0.15, 0.2) is 64.7 Å². The molecule has 35 heavy (non-hydrogen) atoms. The zero-order chi connectivity index (χ0) is 26.0. The van der Waals surface area contributed by atoms with E-state index in [1.165, 1.54) is 36.4 Å². The number of nitrogens with one attached hydrogen (secondary N) is 1. The summed E-state index contributed by atoms with van der Waals surface area (Å²) in [5, 5.41) is 0.156. The molecule has 0 fully saturated rings. The normalized spacial score (nSPS) is 22.5. The highest BCUT2D eigenvalue weighted by molar-refractivity contribution is 7.89. The van der Waals surface area contributed by atoms with Crippen molar-refractivity contribution < 1.29 is 31.2 Å². The third-order valence-corrected chi connectivity index (χ3v) is 7.83. The quantitative estimate of drug-likeness (QED) is 0.613. The van der Waals surface area contributed by atoms with Crippen molar-refractivity contribution in [3.8, 4) is 0 Å². The third kappa shape index (κ3) is 4.17. The summed E-state index contributed by atoms with van der Waals surface area (Å²) >= 11 is 6.04. The first-order valence-corrected chi connectivity index (χ1v) is 12.5. The molecule has 2 aromatic carbocycles. The highest BCUT2D eigenvalue weighted by Crippen LogP contribution is 2.53. The highest BCUT2D eigenvalue weighted by Gasteiger charge is 2.72. The van der Waals surface area contributed by atoms with Crippen LogP contribution in [0.3, 0.4) is 0 Å². The van der Waals surface area contributed by atoms with Gasteiger partial charge in [0.25, 0.3) is 5.91 Å². The van der Waals surface area contributed by atoms with Crippen molar-refractivity contribution in [3.05, 3.63) is 70.4 Å². The molecule has 0 radical (unpaired) electrons. The van der Waals surface area contributed by atoms with Gasteiger partial charge in [-0.1, -0.05) is 49.2 Å². The standard InChI is InChI=1S/C24H22ClF3N2O4S/c1-14-7-9-17(10-8-14)35(33,34)29-23(24(26,27)28)20-18(12-22(2,3)13-19(20)31)30(21(23)32)16-6-4-5-15(25)11-16/h4-11,29H,12-13H2,1-3H3. The fourth-order valence-corrected chi connectivity index (χ4v) is 6.09. The molecule has 4 rings (SSSR count). The number of carbonyl (C=O) groups excluding carboxylic acids is 2. The minimum Gasteiger partial charge on any atom is -0.294 e. The maximum absolute atomic E-state index is 14.9. The number of hydrogen-bond donors (Lipinski definition) is 1. The van der Waals surface area contributed by atoms with E-state index in [4.69, 9.17) is 11.6 Å². The van der Waals surface area contributed by atoms with Crippen LogP contribution in [-0.4, -0.2) is 31.8 Å². The Bertz CT molecular complexity index is 1370. The van der Waals surface area contributed by atoms with Gasteiger partial charge < -0.3 is 0 Å². The summed E-state index contributed by atoms with van der Waals surface area (Å²) in [5.74, 6) is -2.57. The van der Waals surface area contributed by atoms with E-state index in [9.17, 15) is 31.2 Å². The molecule has 1 unspecified atom stereocenters. The lowest BCUT2D eigenvalue weighted by atomic mass is 9.72. The van der Waals surface area contributed by atoms with E-state index in [-0.39, 0.29) is 29.2 Å². The van der Waals surface area contributed by atoms with Crippen LogP contribution < -0.4 is 9.62 Å². The molecule has 2 aromatic rings. The van der Waals surface area contributed by atoms with Crippen LogP contribution in [0.4, 0.5) is 18.9 Å². The Morgan fingerprint density at radius 2 is 1.66 bits per heavy atom. The van der Waals surface area contributed by atoms with Gasteiger partial charge in [0.1, 0.15) is 0 Å². The second-order valence-corrected chi connectivity index (χ2v) is 11.7. The first kappa shape index (κ1) is 25.4. The predicted octanol–water partition coefficient (Wildman–Crippen LogP) is 4.92. The molecule has 1 N–H and O–H groups in total. The summed E-state index contributed by atoms with van der Waals surface area (Å²) < 4.78 is 72.6. The molecule has 0 aromatic heterocycles. The molecular weight excluding hydrogens is 505 g/mol. The number of allylic oxidation sites excluding steroid dienone is 1. The fourth-order valence-electron chi connectivity index (χ4n) is 4.58. The molecule has 1 amide bonds. The van der Waals surface area contributed by atoms with Gasteiger partial charge in [-0.3, -0.25) is 14.5 Å². The summed E-state index contributed by atoms with van der Waals surface area (Å²) in [4.78, 5) is 27.2. The average molecular weight is 527 g/mol. The first-order chi connectivity index (χ1) is 16.1. The van der Waals surface area contributed by atoms with Gasteiger partial charge in [0.2, 0.25) is 15.6 Å². The van der Waals surface area contributed by atoms with Crippen LogP contribution in [0.5, 0.6) is 0 Å². The minimum atomic E-state index is -5.47. The monoisotopic (exact) mass is 526 g/mol. The van der Waals surface area contributed by atoms with Crippen molar-refractivity contribution in [1.82, 2.24) is 4.72 Å². The largest absolute Gasteiger partial charge is 0.421 e. The Morgan fingerprint density at radius 3 is 2.23 bits per heavy atom. The Kier molecular flexibility index (Phi) is 5.94. The van der Waals surface area contributed by atoms with Crippen molar-refractivity contribution in [3.63, 3.8) is 0 Å². The molecule has 2 aliphatic rings. The molecule has 0 saturated carbocycles. The number of ketones is 1. The van der Waals surface area contributed by atoms with Gasteiger partial charge in [-0.05, 0) is 49.1 Å². The summed E-state index contributed by atoms with van der Waals surface area (Å²) in [6.45, 7) is 5.07. The number of sulfonamides is 1. The molecule has 1 aliphatic carbocycles. The second kappa shape index (κ2) is 8.18. The number of carbonyl (C=O) groups is 2. The second-order valence-electron chi connectivity index (χ2n) is 9.55. The van der Waals surface area contributed by atoms with E-state index >= 15 is 0 Å². The summed E-state index contributed by atoms with van der Waals surface area (Å²) in [7, 11) is -4.88.